The van der Waals surface area contributed by atoms with Crippen molar-refractivity contribution in [2.75, 3.05) is 7.11 Å². The summed E-state index contributed by atoms with van der Waals surface area (Å²) in [6.07, 6.45) is 1.53. The van der Waals surface area contributed by atoms with Gasteiger partial charge in [0.25, 0.3) is 0 Å². The maximum absolute atomic E-state index is 12.1. The fraction of sp³-hybridized carbons (Fsp3) is 0.125. The van der Waals surface area contributed by atoms with Crippen LogP contribution in [0, 0.1) is 0 Å². The maximum Gasteiger partial charge on any atom is 0.342 e. The fourth-order valence-electron chi connectivity index (χ4n) is 1.97. The van der Waals surface area contributed by atoms with Crippen LogP contribution in [0.1, 0.15) is 16.1 Å². The molecule has 3 aromatic rings. The monoisotopic (exact) mass is 333 g/mol. The van der Waals surface area contributed by atoms with Gasteiger partial charge in [0.2, 0.25) is 5.76 Å². The average molecular weight is 334 g/mol. The molecule has 0 N–H and O–H groups in total. The molecule has 0 unspecified atom stereocenters. The highest BCUT2D eigenvalue weighted by Gasteiger charge is 2.16. The van der Waals surface area contributed by atoms with E-state index in [9.17, 15) is 4.79 Å². The van der Waals surface area contributed by atoms with Gasteiger partial charge in [-0.25, -0.2) is 4.79 Å². The third kappa shape index (κ3) is 3.37. The number of nitrogens with zero attached hydrogens (tertiary/aromatic N) is 1. The molecular formula is C16H12ClNO5. The van der Waals surface area contributed by atoms with Gasteiger partial charge in [0.15, 0.2) is 5.76 Å². The zero-order valence-electron chi connectivity index (χ0n) is 12.1. The van der Waals surface area contributed by atoms with Gasteiger partial charge in [-0.05, 0) is 30.3 Å². The first-order valence-electron chi connectivity index (χ1n) is 6.67. The summed E-state index contributed by atoms with van der Waals surface area (Å²) in [5, 5.41) is 4.24. The fourth-order valence-corrected chi connectivity index (χ4v) is 2.14. The summed E-state index contributed by atoms with van der Waals surface area (Å²) in [4.78, 5) is 12.1. The second-order valence-corrected chi connectivity index (χ2v) is 5.02. The minimum absolute atomic E-state index is 0.0429. The van der Waals surface area contributed by atoms with Crippen molar-refractivity contribution in [1.29, 1.82) is 0 Å². The molecule has 0 amide bonds. The number of esters is 1. The first-order valence-corrected chi connectivity index (χ1v) is 7.05. The van der Waals surface area contributed by atoms with E-state index in [1.54, 1.807) is 30.3 Å². The number of rotatable bonds is 5. The van der Waals surface area contributed by atoms with Crippen molar-refractivity contribution in [2.24, 2.45) is 0 Å². The molecule has 6 nitrogen and oxygen atoms in total. The van der Waals surface area contributed by atoms with E-state index in [2.05, 4.69) is 5.16 Å². The van der Waals surface area contributed by atoms with Crippen molar-refractivity contribution in [1.82, 2.24) is 5.16 Å². The Labute approximate surface area is 136 Å². The van der Waals surface area contributed by atoms with Crippen LogP contribution < -0.4 is 4.74 Å². The van der Waals surface area contributed by atoms with E-state index >= 15 is 0 Å². The lowest BCUT2D eigenvalue weighted by Crippen LogP contribution is -2.07. The van der Waals surface area contributed by atoms with Crippen molar-refractivity contribution in [3.8, 4) is 17.3 Å². The quantitative estimate of drug-likeness (QED) is 0.658. The summed E-state index contributed by atoms with van der Waals surface area (Å²) < 4.78 is 20.7. The second kappa shape index (κ2) is 6.58. The van der Waals surface area contributed by atoms with E-state index in [0.29, 0.717) is 28.0 Å². The zero-order chi connectivity index (χ0) is 16.2. The number of carbonyl (C=O) groups excluding carboxylic acids is 1. The highest BCUT2D eigenvalue weighted by atomic mass is 35.5. The summed E-state index contributed by atoms with van der Waals surface area (Å²) >= 11 is 5.89. The van der Waals surface area contributed by atoms with Crippen LogP contribution in [0.2, 0.25) is 5.02 Å². The Morgan fingerprint density at radius 3 is 2.87 bits per heavy atom. The zero-order valence-corrected chi connectivity index (χ0v) is 12.9. The molecule has 0 aliphatic carbocycles. The highest BCUT2D eigenvalue weighted by Crippen LogP contribution is 2.24. The van der Waals surface area contributed by atoms with E-state index in [4.69, 9.17) is 30.0 Å². The van der Waals surface area contributed by atoms with E-state index in [1.165, 1.54) is 19.4 Å². The molecule has 2 heterocycles. The van der Waals surface area contributed by atoms with Gasteiger partial charge in [-0.1, -0.05) is 16.8 Å². The number of methoxy groups -OCH3 is 1. The SMILES string of the molecule is COc1ccc(Cl)cc1C(=O)OCc1cc(-c2ccco2)on1. The molecule has 23 heavy (non-hydrogen) atoms. The van der Waals surface area contributed by atoms with Crippen molar-refractivity contribution < 1.29 is 23.2 Å². The molecule has 2 aromatic heterocycles. The van der Waals surface area contributed by atoms with Crippen LogP contribution in [0.4, 0.5) is 0 Å². The number of aromatic nitrogens is 1. The van der Waals surface area contributed by atoms with E-state index in [0.717, 1.165) is 0 Å². The molecule has 0 radical (unpaired) electrons. The Hall–Kier alpha value is -2.73. The second-order valence-electron chi connectivity index (χ2n) is 4.58. The molecular weight excluding hydrogens is 322 g/mol. The Bertz CT molecular complexity index is 810. The normalized spacial score (nSPS) is 10.5. The van der Waals surface area contributed by atoms with Gasteiger partial charge in [0.05, 0.1) is 13.4 Å². The molecule has 118 valence electrons. The summed E-state index contributed by atoms with van der Waals surface area (Å²) in [5.41, 5.74) is 0.709. The Morgan fingerprint density at radius 1 is 1.26 bits per heavy atom. The third-order valence-corrected chi connectivity index (χ3v) is 3.29. The molecule has 1 aromatic carbocycles. The lowest BCUT2D eigenvalue weighted by Gasteiger charge is -2.08. The number of hydrogen-bond acceptors (Lipinski definition) is 6. The van der Waals surface area contributed by atoms with Crippen molar-refractivity contribution >= 4 is 17.6 Å². The molecule has 0 aliphatic heterocycles. The van der Waals surface area contributed by atoms with Gasteiger partial charge in [-0.15, -0.1) is 0 Å². The number of furan rings is 1. The Morgan fingerprint density at radius 2 is 2.13 bits per heavy atom. The molecule has 7 heteroatoms. The lowest BCUT2D eigenvalue weighted by molar-refractivity contribution is 0.0460. The van der Waals surface area contributed by atoms with Gasteiger partial charge in [-0.2, -0.15) is 0 Å². The summed E-state index contributed by atoms with van der Waals surface area (Å²) in [6, 6.07) is 9.84. The number of ether oxygens (including phenoxy) is 2. The molecule has 0 bridgehead atoms. The smallest absolute Gasteiger partial charge is 0.342 e. The van der Waals surface area contributed by atoms with Crippen LogP contribution in [-0.4, -0.2) is 18.2 Å². The van der Waals surface area contributed by atoms with Gasteiger partial charge < -0.3 is 18.4 Å². The summed E-state index contributed by atoms with van der Waals surface area (Å²) in [5.74, 6) is 0.829. The maximum atomic E-state index is 12.1. The average Bonchev–Trinajstić information content (AvgIpc) is 3.23. The first-order chi connectivity index (χ1) is 11.2. The van der Waals surface area contributed by atoms with Gasteiger partial charge in [0, 0.05) is 11.1 Å². The molecule has 0 saturated heterocycles. The Kier molecular flexibility index (Phi) is 4.34. The van der Waals surface area contributed by atoms with Crippen molar-refractivity contribution in [3.05, 3.63) is 58.9 Å². The predicted molar refractivity (Wildman–Crippen MR) is 81.3 cm³/mol. The topological polar surface area (TPSA) is 74.7 Å². The predicted octanol–water partition coefficient (Wildman–Crippen LogP) is 3.95. The largest absolute Gasteiger partial charge is 0.496 e. The van der Waals surface area contributed by atoms with Crippen molar-refractivity contribution in [3.63, 3.8) is 0 Å². The number of halogens is 1. The minimum atomic E-state index is -0.563. The molecule has 0 aliphatic rings. The van der Waals surface area contributed by atoms with Crippen LogP contribution in [-0.2, 0) is 11.3 Å². The number of hydrogen-bond donors (Lipinski definition) is 0. The van der Waals surface area contributed by atoms with E-state index < -0.39 is 5.97 Å². The summed E-state index contributed by atoms with van der Waals surface area (Å²) in [6.45, 7) is -0.0429. The molecule has 3 rings (SSSR count). The molecule has 0 saturated carbocycles. The minimum Gasteiger partial charge on any atom is -0.496 e. The standard InChI is InChI=1S/C16H12ClNO5/c1-20-13-5-4-10(17)7-12(13)16(19)22-9-11-8-15(23-18-11)14-3-2-6-21-14/h2-8H,9H2,1H3. The van der Waals surface area contributed by atoms with Gasteiger partial charge in [-0.3, -0.25) is 0 Å². The van der Waals surface area contributed by atoms with Crippen LogP contribution in [0.25, 0.3) is 11.5 Å². The van der Waals surface area contributed by atoms with Crippen molar-refractivity contribution in [2.45, 2.75) is 6.61 Å². The highest BCUT2D eigenvalue weighted by molar-refractivity contribution is 6.31. The summed E-state index contributed by atoms with van der Waals surface area (Å²) in [7, 11) is 1.47. The van der Waals surface area contributed by atoms with Crippen LogP contribution in [0.3, 0.4) is 0 Å². The molecule has 0 spiro atoms. The molecule has 0 atom stereocenters. The van der Waals surface area contributed by atoms with Crippen LogP contribution >= 0.6 is 11.6 Å². The van der Waals surface area contributed by atoms with E-state index in [-0.39, 0.29) is 12.2 Å². The van der Waals surface area contributed by atoms with Gasteiger partial charge >= 0.3 is 5.97 Å². The Balaban J connectivity index is 1.69. The number of benzene rings is 1. The molecule has 0 fully saturated rings. The van der Waals surface area contributed by atoms with Crippen LogP contribution in [0.5, 0.6) is 5.75 Å². The van der Waals surface area contributed by atoms with Crippen LogP contribution in [0.15, 0.2) is 51.6 Å². The van der Waals surface area contributed by atoms with Gasteiger partial charge in [0.1, 0.15) is 23.6 Å². The lowest BCUT2D eigenvalue weighted by atomic mass is 10.2. The first kappa shape index (κ1) is 15.2. The third-order valence-electron chi connectivity index (χ3n) is 3.06. The number of carbonyl (C=O) groups is 1. The van der Waals surface area contributed by atoms with E-state index in [1.807, 2.05) is 0 Å².